The second kappa shape index (κ2) is 10.2. The lowest BCUT2D eigenvalue weighted by Crippen LogP contribution is -2.50. The molecule has 33 heavy (non-hydrogen) atoms. The van der Waals surface area contributed by atoms with Gasteiger partial charge in [-0.3, -0.25) is 19.3 Å². The van der Waals surface area contributed by atoms with E-state index in [2.05, 4.69) is 10.0 Å². The third kappa shape index (κ3) is 5.70. The number of carbonyl (C=O) groups is 3. The van der Waals surface area contributed by atoms with Gasteiger partial charge in [-0.1, -0.05) is 38.1 Å². The summed E-state index contributed by atoms with van der Waals surface area (Å²) in [5.74, 6) is -1.64. The van der Waals surface area contributed by atoms with Crippen molar-refractivity contribution in [2.75, 3.05) is 0 Å². The molecule has 1 fully saturated rings. The molecule has 9 heteroatoms. The Kier molecular flexibility index (Phi) is 7.74. The van der Waals surface area contributed by atoms with Crippen LogP contribution in [0.4, 0.5) is 0 Å². The maximum absolute atomic E-state index is 13.2. The number of carbonyl (C=O) groups excluding carboxylic acids is 3. The van der Waals surface area contributed by atoms with Crippen molar-refractivity contribution in [3.05, 3.63) is 42.0 Å². The monoisotopic (exact) mass is 475 g/mol. The molecule has 0 spiro atoms. The van der Waals surface area contributed by atoms with Gasteiger partial charge in [-0.25, -0.2) is 13.1 Å². The van der Waals surface area contributed by atoms with Crippen molar-refractivity contribution in [3.63, 3.8) is 0 Å². The highest BCUT2D eigenvalue weighted by molar-refractivity contribution is 7.89. The molecule has 1 aromatic carbocycles. The fraction of sp³-hybridized carbons (Fsp3) is 0.542. The number of allylic oxidation sites excluding steroid dienone is 2. The molecule has 3 rings (SSSR count). The van der Waals surface area contributed by atoms with E-state index in [1.807, 2.05) is 26.0 Å². The first-order chi connectivity index (χ1) is 15.5. The lowest BCUT2D eigenvalue weighted by atomic mass is 9.85. The third-order valence-corrected chi connectivity index (χ3v) is 7.57. The van der Waals surface area contributed by atoms with Crippen LogP contribution in [-0.4, -0.2) is 43.1 Å². The summed E-state index contributed by atoms with van der Waals surface area (Å²) >= 11 is 0. The average molecular weight is 476 g/mol. The fourth-order valence-corrected chi connectivity index (χ4v) is 5.74. The second-order valence-corrected chi connectivity index (χ2v) is 11.2. The van der Waals surface area contributed by atoms with Crippen molar-refractivity contribution < 1.29 is 22.8 Å². The van der Waals surface area contributed by atoms with Gasteiger partial charge in [-0.05, 0) is 56.7 Å². The van der Waals surface area contributed by atoms with Gasteiger partial charge in [0.1, 0.15) is 6.04 Å². The highest BCUT2D eigenvalue weighted by Gasteiger charge is 2.51. The number of fused-ring (bicyclic) bond motifs is 1. The standard InChI is InChI=1S/C24H33N3O5S/c1-15(2)12-21(27-23(29)19-10-5-6-11-20(19)24(27)30)22(28)25-14-17-8-7-9-18(13-17)33(31,32)26-16(3)4/h5-9,13,15-16,19-21,26H,10-12,14H2,1-4H3,(H,25,28). The minimum atomic E-state index is -3.66. The van der Waals surface area contributed by atoms with Crippen LogP contribution in [0.1, 0.15) is 52.5 Å². The predicted molar refractivity (Wildman–Crippen MR) is 124 cm³/mol. The first-order valence-electron chi connectivity index (χ1n) is 11.4. The molecule has 0 saturated carbocycles. The van der Waals surface area contributed by atoms with Gasteiger partial charge in [-0.2, -0.15) is 0 Å². The van der Waals surface area contributed by atoms with Crippen molar-refractivity contribution >= 4 is 27.7 Å². The Morgan fingerprint density at radius 1 is 1.06 bits per heavy atom. The van der Waals surface area contributed by atoms with Crippen LogP contribution in [0.25, 0.3) is 0 Å². The summed E-state index contributed by atoms with van der Waals surface area (Å²) in [4.78, 5) is 40.5. The van der Waals surface area contributed by atoms with Crippen LogP contribution in [0.15, 0.2) is 41.3 Å². The molecule has 2 N–H and O–H groups in total. The van der Waals surface area contributed by atoms with Crippen molar-refractivity contribution in [2.45, 2.75) is 70.5 Å². The zero-order valence-corrected chi connectivity index (χ0v) is 20.4. The van der Waals surface area contributed by atoms with E-state index < -0.39 is 22.0 Å². The molecule has 1 aliphatic carbocycles. The Hall–Kier alpha value is -2.52. The zero-order chi connectivity index (χ0) is 24.3. The van der Waals surface area contributed by atoms with Gasteiger partial charge in [0.2, 0.25) is 27.7 Å². The molecule has 3 unspecified atom stereocenters. The van der Waals surface area contributed by atoms with E-state index in [1.54, 1.807) is 26.0 Å². The molecule has 1 saturated heterocycles. The van der Waals surface area contributed by atoms with Crippen LogP contribution in [0, 0.1) is 17.8 Å². The predicted octanol–water partition coefficient (Wildman–Crippen LogP) is 2.36. The summed E-state index contributed by atoms with van der Waals surface area (Å²) in [6.07, 6.45) is 5.24. The van der Waals surface area contributed by atoms with Crippen molar-refractivity contribution in [3.8, 4) is 0 Å². The summed E-state index contributed by atoms with van der Waals surface area (Å²) in [5, 5.41) is 2.81. The Morgan fingerprint density at radius 2 is 1.67 bits per heavy atom. The van der Waals surface area contributed by atoms with Gasteiger partial charge in [0.15, 0.2) is 0 Å². The molecule has 0 radical (unpaired) electrons. The smallest absolute Gasteiger partial charge is 0.243 e. The van der Waals surface area contributed by atoms with E-state index in [-0.39, 0.29) is 47.1 Å². The normalized spacial score (nSPS) is 21.6. The second-order valence-electron chi connectivity index (χ2n) is 9.49. The van der Waals surface area contributed by atoms with E-state index in [0.717, 1.165) is 0 Å². The van der Waals surface area contributed by atoms with Gasteiger partial charge in [0.25, 0.3) is 0 Å². The van der Waals surface area contributed by atoms with Gasteiger partial charge < -0.3 is 5.32 Å². The highest BCUT2D eigenvalue weighted by Crippen LogP contribution is 2.37. The maximum Gasteiger partial charge on any atom is 0.243 e. The van der Waals surface area contributed by atoms with Crippen LogP contribution < -0.4 is 10.0 Å². The number of hydrogen-bond acceptors (Lipinski definition) is 5. The van der Waals surface area contributed by atoms with Gasteiger partial charge >= 0.3 is 0 Å². The Morgan fingerprint density at radius 3 is 2.21 bits per heavy atom. The van der Waals surface area contributed by atoms with Gasteiger partial charge in [-0.15, -0.1) is 0 Å². The minimum absolute atomic E-state index is 0.0864. The molecule has 1 heterocycles. The first kappa shape index (κ1) is 25.1. The number of benzene rings is 1. The molecule has 0 bridgehead atoms. The van der Waals surface area contributed by atoms with Crippen LogP contribution in [0.2, 0.25) is 0 Å². The number of rotatable bonds is 9. The molecular formula is C24H33N3O5S. The quantitative estimate of drug-likeness (QED) is 0.421. The molecule has 2 aliphatic rings. The average Bonchev–Trinajstić information content (AvgIpc) is 3.00. The van der Waals surface area contributed by atoms with Crippen LogP contribution >= 0.6 is 0 Å². The Bertz CT molecular complexity index is 1020. The number of imide groups is 1. The van der Waals surface area contributed by atoms with Crippen LogP contribution in [-0.2, 0) is 31.0 Å². The van der Waals surface area contributed by atoms with Crippen molar-refractivity contribution in [1.29, 1.82) is 0 Å². The van der Waals surface area contributed by atoms with Gasteiger partial charge in [0, 0.05) is 12.6 Å². The minimum Gasteiger partial charge on any atom is -0.350 e. The molecule has 3 amide bonds. The first-order valence-corrected chi connectivity index (χ1v) is 12.9. The molecule has 1 aromatic rings. The molecule has 3 atom stereocenters. The number of hydrogen-bond donors (Lipinski definition) is 2. The molecule has 1 aliphatic heterocycles. The molecule has 8 nitrogen and oxygen atoms in total. The summed E-state index contributed by atoms with van der Waals surface area (Å²) in [5.41, 5.74) is 0.607. The fourth-order valence-electron chi connectivity index (χ4n) is 4.42. The van der Waals surface area contributed by atoms with E-state index in [1.165, 1.54) is 17.0 Å². The number of nitrogens with zero attached hydrogens (tertiary/aromatic N) is 1. The lowest BCUT2D eigenvalue weighted by molar-refractivity contribution is -0.148. The largest absolute Gasteiger partial charge is 0.350 e. The Labute approximate surface area is 195 Å². The number of amides is 3. The SMILES string of the molecule is CC(C)CC(C(=O)NCc1cccc(S(=O)(=O)NC(C)C)c1)N1C(=O)C2CC=CCC2C1=O. The van der Waals surface area contributed by atoms with Gasteiger partial charge in [0.05, 0.1) is 16.7 Å². The van der Waals surface area contributed by atoms with Crippen LogP contribution in [0.3, 0.4) is 0 Å². The van der Waals surface area contributed by atoms with Crippen molar-refractivity contribution in [1.82, 2.24) is 14.9 Å². The molecule has 0 aromatic heterocycles. The van der Waals surface area contributed by atoms with Crippen LogP contribution in [0.5, 0.6) is 0 Å². The molecule has 180 valence electrons. The maximum atomic E-state index is 13.2. The van der Waals surface area contributed by atoms with E-state index in [0.29, 0.717) is 24.8 Å². The summed E-state index contributed by atoms with van der Waals surface area (Å²) in [6.45, 7) is 7.45. The van der Waals surface area contributed by atoms with Crippen molar-refractivity contribution in [2.24, 2.45) is 17.8 Å². The highest BCUT2D eigenvalue weighted by atomic mass is 32.2. The van der Waals surface area contributed by atoms with E-state index >= 15 is 0 Å². The third-order valence-electron chi connectivity index (χ3n) is 5.92. The van der Waals surface area contributed by atoms with E-state index in [9.17, 15) is 22.8 Å². The number of likely N-dealkylation sites (tertiary alicyclic amines) is 1. The Balaban J connectivity index is 1.75. The topological polar surface area (TPSA) is 113 Å². The van der Waals surface area contributed by atoms with E-state index in [4.69, 9.17) is 0 Å². The lowest BCUT2D eigenvalue weighted by Gasteiger charge is -2.27. The number of nitrogens with one attached hydrogen (secondary N) is 2. The summed E-state index contributed by atoms with van der Waals surface area (Å²) in [6, 6.07) is 5.21. The summed E-state index contributed by atoms with van der Waals surface area (Å²) in [7, 11) is -3.66. The zero-order valence-electron chi connectivity index (χ0n) is 19.6. The summed E-state index contributed by atoms with van der Waals surface area (Å²) < 4.78 is 27.4. The number of sulfonamides is 1. The molecular weight excluding hydrogens is 442 g/mol.